The summed E-state index contributed by atoms with van der Waals surface area (Å²) in [5.41, 5.74) is 13.4. The molecule has 0 radical (unpaired) electrons. The molecule has 0 heterocycles. The summed E-state index contributed by atoms with van der Waals surface area (Å²) in [6.07, 6.45) is 3.31. The van der Waals surface area contributed by atoms with E-state index < -0.39 is 0 Å². The van der Waals surface area contributed by atoms with Gasteiger partial charge in [0.2, 0.25) is 0 Å². The molecule has 0 N–H and O–H groups in total. The molecule has 4 nitrogen and oxygen atoms in total. The van der Waals surface area contributed by atoms with E-state index in [2.05, 4.69) is 125 Å². The average Bonchev–Trinajstić information content (AvgIpc) is 2.86. The second-order valence-electron chi connectivity index (χ2n) is 9.71. The Balaban J connectivity index is 0.000000381. The van der Waals surface area contributed by atoms with Gasteiger partial charge in [-0.3, -0.25) is 0 Å². The Labute approximate surface area is 271 Å². The first-order valence-electron chi connectivity index (χ1n) is 12.9. The van der Waals surface area contributed by atoms with Crippen LogP contribution in [0.5, 0.6) is 0 Å². The van der Waals surface area contributed by atoms with E-state index in [1.54, 1.807) is 12.7 Å². The Kier molecular flexibility index (Phi) is 15.2. The Morgan fingerprint density at radius 1 is 0.400 bits per heavy atom. The molecule has 0 aliphatic heterocycles. The van der Waals surface area contributed by atoms with Gasteiger partial charge in [-0.2, -0.15) is 0 Å². The topological polar surface area (TPSA) is 52.9 Å². The molecule has 0 atom stereocenters. The Morgan fingerprint density at radius 3 is 0.875 bits per heavy atom. The quantitative estimate of drug-likeness (QED) is 0.105. The number of benzene rings is 4. The van der Waals surface area contributed by atoms with Crippen LogP contribution in [0, 0.1) is 55.4 Å². The van der Waals surface area contributed by atoms with E-state index >= 15 is 0 Å². The van der Waals surface area contributed by atoms with Crippen molar-refractivity contribution in [3.05, 3.63) is 128 Å². The van der Waals surface area contributed by atoms with Gasteiger partial charge in [-0.25, -0.2) is 0 Å². The van der Waals surface area contributed by atoms with Crippen LogP contribution in [-0.4, -0.2) is 12.7 Å². The number of para-hydroxylation sites is 4. The first kappa shape index (κ1) is 35.3. The van der Waals surface area contributed by atoms with Gasteiger partial charge in [0, 0.05) is 0 Å². The smallest absolute Gasteiger partial charge is 0.443 e. The number of hydrogen-bond donors (Lipinski definition) is 0. The monoisotopic (exact) mass is 896 g/mol. The summed E-state index contributed by atoms with van der Waals surface area (Å²) in [5.74, 6) is 0. The summed E-state index contributed by atoms with van der Waals surface area (Å²) < 4.78 is 0. The first-order chi connectivity index (χ1) is 18.2. The molecule has 0 unspecified atom stereocenters. The number of aliphatic imine (C=N–C) groups is 2. The van der Waals surface area contributed by atoms with Crippen molar-refractivity contribution in [2.75, 3.05) is 0 Å². The summed E-state index contributed by atoms with van der Waals surface area (Å²) in [7, 11) is 0. The molecule has 0 spiro atoms. The van der Waals surface area contributed by atoms with Crippen molar-refractivity contribution < 1.29 is 44.8 Å². The van der Waals surface area contributed by atoms with Gasteiger partial charge in [0.15, 0.2) is 0 Å². The van der Waals surface area contributed by atoms with Gasteiger partial charge in [-0.1, -0.05) is 85.5 Å². The predicted molar refractivity (Wildman–Crippen MR) is 166 cm³/mol. The molecular formula is C34H38Au2N4. The summed E-state index contributed by atoms with van der Waals surface area (Å²) in [4.78, 5) is 8.98. The summed E-state index contributed by atoms with van der Waals surface area (Å²) in [6, 6.07) is 24.7. The maximum absolute atomic E-state index is 4.49. The Hall–Kier alpha value is -2.70. The average molecular weight is 897 g/mol. The van der Waals surface area contributed by atoms with Gasteiger partial charge in [-0.05, 0) is 123 Å². The minimum absolute atomic E-state index is 0. The molecule has 4 aromatic rings. The number of hydrogen-bond acceptors (Lipinski definition) is 2. The van der Waals surface area contributed by atoms with Crippen molar-refractivity contribution in [3.8, 4) is 0 Å². The normalized spacial score (nSPS) is 10.4. The zero-order valence-electron chi connectivity index (χ0n) is 24.5. The standard InChI is InChI=1S/2C17H19N2.2Au/c2*1-12-7-5-8-13(2)16(12)18-11-19-17-14(3)9-6-10-15(17)4;;/h2*5-11H,1-4H3;;/q2*-1;2*+1. The third kappa shape index (κ3) is 9.74. The summed E-state index contributed by atoms with van der Waals surface area (Å²) in [5, 5.41) is 8.98. The van der Waals surface area contributed by atoms with Crippen LogP contribution in [0.1, 0.15) is 44.5 Å². The van der Waals surface area contributed by atoms with E-state index in [9.17, 15) is 0 Å². The van der Waals surface area contributed by atoms with Gasteiger partial charge in [0.05, 0.1) is 0 Å². The van der Waals surface area contributed by atoms with Gasteiger partial charge in [-0.15, -0.1) is 0 Å². The Morgan fingerprint density at radius 2 is 0.625 bits per heavy atom. The fourth-order valence-corrected chi connectivity index (χ4v) is 4.33. The number of aryl methyl sites for hydroxylation is 8. The summed E-state index contributed by atoms with van der Waals surface area (Å²) in [6.45, 7) is 16.5. The van der Waals surface area contributed by atoms with Gasteiger partial charge in [0.1, 0.15) is 0 Å². The maximum atomic E-state index is 4.49. The van der Waals surface area contributed by atoms with Crippen molar-refractivity contribution in [3.63, 3.8) is 0 Å². The van der Waals surface area contributed by atoms with Crippen molar-refractivity contribution in [1.82, 2.24) is 0 Å². The van der Waals surface area contributed by atoms with Crippen LogP contribution in [0.2, 0.25) is 0 Å². The minimum Gasteiger partial charge on any atom is -0.443 e. The number of rotatable bonds is 6. The third-order valence-corrected chi connectivity index (χ3v) is 6.51. The third-order valence-electron chi connectivity index (χ3n) is 6.51. The maximum Gasteiger partial charge on any atom is 1.00 e. The molecule has 0 aliphatic rings. The van der Waals surface area contributed by atoms with Gasteiger partial charge < -0.3 is 20.6 Å². The molecule has 6 heteroatoms. The van der Waals surface area contributed by atoms with Crippen LogP contribution >= 0.6 is 0 Å². The second kappa shape index (κ2) is 17.2. The molecule has 4 rings (SSSR count). The summed E-state index contributed by atoms with van der Waals surface area (Å²) >= 11 is 0. The SMILES string of the molecule is Cc1cccc(C)c1N=C[N-]c1c(C)cccc1C.Cc1cccc(C)c1N=C[N-]c1c(C)cccc1C.[Au+].[Au+]. The zero-order valence-corrected chi connectivity index (χ0v) is 28.8. The minimum atomic E-state index is 0. The molecule has 40 heavy (non-hydrogen) atoms. The van der Waals surface area contributed by atoms with Crippen molar-refractivity contribution in [2.24, 2.45) is 9.98 Å². The molecule has 0 saturated carbocycles. The van der Waals surface area contributed by atoms with Crippen LogP contribution in [0.15, 0.2) is 82.8 Å². The van der Waals surface area contributed by atoms with Crippen LogP contribution < -0.4 is 0 Å². The fraction of sp³-hybridized carbons (Fsp3) is 0.235. The molecule has 0 aromatic heterocycles. The van der Waals surface area contributed by atoms with Gasteiger partial charge in [0.25, 0.3) is 0 Å². The second-order valence-corrected chi connectivity index (χ2v) is 9.71. The van der Waals surface area contributed by atoms with E-state index in [1.165, 1.54) is 44.5 Å². The largest absolute Gasteiger partial charge is 1.00 e. The van der Waals surface area contributed by atoms with E-state index in [1.807, 2.05) is 24.3 Å². The zero-order chi connectivity index (χ0) is 27.7. The van der Waals surface area contributed by atoms with Crippen LogP contribution in [0.3, 0.4) is 0 Å². The predicted octanol–water partition coefficient (Wildman–Crippen LogP) is 10.6. The molecule has 0 saturated heterocycles. The molecule has 0 fully saturated rings. The first-order valence-corrected chi connectivity index (χ1v) is 12.9. The van der Waals surface area contributed by atoms with Gasteiger partial charge >= 0.3 is 44.8 Å². The molecule has 4 aromatic carbocycles. The molecule has 0 amide bonds. The molecule has 0 aliphatic carbocycles. The van der Waals surface area contributed by atoms with Crippen LogP contribution in [0.25, 0.3) is 10.6 Å². The fourth-order valence-electron chi connectivity index (χ4n) is 4.33. The number of nitrogens with zero attached hydrogens (tertiary/aromatic N) is 4. The molecule has 216 valence electrons. The van der Waals surface area contributed by atoms with Crippen LogP contribution in [0.4, 0.5) is 22.7 Å². The van der Waals surface area contributed by atoms with E-state index in [-0.39, 0.29) is 44.8 Å². The molecular weight excluding hydrogens is 858 g/mol. The van der Waals surface area contributed by atoms with E-state index in [4.69, 9.17) is 0 Å². The van der Waals surface area contributed by atoms with E-state index in [0.29, 0.717) is 0 Å². The van der Waals surface area contributed by atoms with Crippen molar-refractivity contribution in [2.45, 2.75) is 55.4 Å². The molecule has 0 bridgehead atoms. The van der Waals surface area contributed by atoms with Crippen LogP contribution in [-0.2, 0) is 44.8 Å². The van der Waals surface area contributed by atoms with E-state index in [0.717, 1.165) is 22.7 Å². The Bertz CT molecular complexity index is 1270. The van der Waals surface area contributed by atoms with Crippen molar-refractivity contribution >= 4 is 35.4 Å². The van der Waals surface area contributed by atoms with Crippen molar-refractivity contribution in [1.29, 1.82) is 0 Å².